The first-order valence-corrected chi connectivity index (χ1v) is 11.9. The van der Waals surface area contributed by atoms with E-state index in [0.29, 0.717) is 29.6 Å². The van der Waals surface area contributed by atoms with Crippen molar-refractivity contribution in [3.05, 3.63) is 78.7 Å². The molecule has 2 aliphatic carbocycles. The van der Waals surface area contributed by atoms with E-state index in [9.17, 15) is 0 Å². The lowest BCUT2D eigenvalue weighted by atomic mass is 9.70. The summed E-state index contributed by atoms with van der Waals surface area (Å²) in [4.78, 5) is 0. The number of fused-ring (bicyclic) bond motifs is 2. The van der Waals surface area contributed by atoms with Gasteiger partial charge in [-0.25, -0.2) is 0 Å². The van der Waals surface area contributed by atoms with Gasteiger partial charge in [-0.15, -0.1) is 0 Å². The van der Waals surface area contributed by atoms with Gasteiger partial charge in [0.05, 0.1) is 0 Å². The van der Waals surface area contributed by atoms with Gasteiger partial charge in [0, 0.05) is 20.8 Å². The minimum atomic E-state index is 0.463. The molecule has 0 nitrogen and oxygen atoms in total. The van der Waals surface area contributed by atoms with Crippen molar-refractivity contribution >= 4 is 44.0 Å². The van der Waals surface area contributed by atoms with Gasteiger partial charge >= 0.3 is 0 Å². The van der Waals surface area contributed by atoms with E-state index in [1.165, 1.54) is 31.2 Å². The fourth-order valence-electron chi connectivity index (χ4n) is 5.24. The van der Waals surface area contributed by atoms with E-state index in [4.69, 9.17) is 0 Å². The first-order chi connectivity index (χ1) is 13.3. The van der Waals surface area contributed by atoms with Crippen LogP contribution in [0, 0.1) is 17.8 Å². The van der Waals surface area contributed by atoms with E-state index >= 15 is 0 Å². The van der Waals surface area contributed by atoms with Crippen LogP contribution < -0.4 is 0 Å². The molecule has 146 valence electrons. The molecule has 2 unspecified atom stereocenters. The molecule has 0 amide bonds. The van der Waals surface area contributed by atoms with Crippen LogP contribution in [-0.4, -0.2) is 0 Å². The zero-order valence-electron chi connectivity index (χ0n) is 17.3. The molecule has 2 aromatic carbocycles. The van der Waals surface area contributed by atoms with Crippen LogP contribution in [-0.2, 0) is 0 Å². The zero-order valence-corrected chi connectivity index (χ0v) is 20.4. The average Bonchev–Trinajstić information content (AvgIpc) is 3.22. The highest BCUT2D eigenvalue weighted by Gasteiger charge is 2.40. The Kier molecular flexibility index (Phi) is 5.48. The molecule has 4 rings (SSSR count). The summed E-state index contributed by atoms with van der Waals surface area (Å²) in [7, 11) is 0. The van der Waals surface area contributed by atoms with Gasteiger partial charge in [-0.1, -0.05) is 114 Å². The van der Waals surface area contributed by atoms with Crippen LogP contribution in [0.3, 0.4) is 0 Å². The number of benzene rings is 2. The summed E-state index contributed by atoms with van der Waals surface area (Å²) >= 11 is 7.58. The van der Waals surface area contributed by atoms with E-state index in [-0.39, 0.29) is 0 Å². The maximum absolute atomic E-state index is 3.79. The fraction of sp³-hybridized carbons (Fsp3) is 0.385. The number of hydrogen-bond donors (Lipinski definition) is 0. The quantitative estimate of drug-likeness (QED) is 0.394. The monoisotopic (exact) mass is 498 g/mol. The summed E-state index contributed by atoms with van der Waals surface area (Å²) < 4.78 is 2.43. The molecule has 2 aliphatic rings. The van der Waals surface area contributed by atoms with Crippen LogP contribution in [0.1, 0.15) is 68.7 Å². The smallest absolute Gasteiger partial charge is 0.0250 e. The lowest BCUT2D eigenvalue weighted by molar-refractivity contribution is 0.418. The highest BCUT2D eigenvalue weighted by atomic mass is 79.9. The lowest BCUT2D eigenvalue weighted by Gasteiger charge is -2.34. The Hall–Kier alpha value is -1.12. The van der Waals surface area contributed by atoms with E-state index in [1.807, 2.05) is 0 Å². The second-order valence-electron chi connectivity index (χ2n) is 8.90. The van der Waals surface area contributed by atoms with Crippen molar-refractivity contribution in [1.82, 2.24) is 0 Å². The predicted molar refractivity (Wildman–Crippen MR) is 129 cm³/mol. The molecule has 0 aromatic heterocycles. The summed E-state index contributed by atoms with van der Waals surface area (Å²) in [6, 6.07) is 13.4. The molecule has 0 saturated heterocycles. The Morgan fingerprint density at radius 2 is 1.04 bits per heavy atom. The van der Waals surface area contributed by atoms with Crippen molar-refractivity contribution in [2.45, 2.75) is 46.5 Å². The summed E-state index contributed by atoms with van der Waals surface area (Å²) in [6.07, 6.45) is 4.89. The SMILES string of the molecule is CC(C)C1=Cc2c(Br)cccc2C1C(C)C1C(C(C)C)=Cc2c(Br)cccc21. The Labute approximate surface area is 186 Å². The molecule has 0 heterocycles. The van der Waals surface area contributed by atoms with E-state index in [1.54, 1.807) is 11.1 Å². The predicted octanol–water partition coefficient (Wildman–Crippen LogP) is 8.82. The molecule has 0 radical (unpaired) electrons. The molecule has 0 saturated carbocycles. The van der Waals surface area contributed by atoms with Crippen LogP contribution in [0.25, 0.3) is 12.2 Å². The Morgan fingerprint density at radius 1 is 0.643 bits per heavy atom. The van der Waals surface area contributed by atoms with Crippen molar-refractivity contribution in [1.29, 1.82) is 0 Å². The van der Waals surface area contributed by atoms with E-state index in [2.05, 4.69) is 115 Å². The first-order valence-electron chi connectivity index (χ1n) is 10.3. The maximum Gasteiger partial charge on any atom is 0.0250 e. The van der Waals surface area contributed by atoms with Crippen molar-refractivity contribution in [3.8, 4) is 0 Å². The van der Waals surface area contributed by atoms with E-state index < -0.39 is 0 Å². The van der Waals surface area contributed by atoms with Gasteiger partial charge in [0.15, 0.2) is 0 Å². The Morgan fingerprint density at radius 3 is 1.39 bits per heavy atom. The minimum absolute atomic E-state index is 0.463. The third-order valence-electron chi connectivity index (χ3n) is 6.57. The summed E-state index contributed by atoms with van der Waals surface area (Å²) in [5.41, 5.74) is 8.87. The van der Waals surface area contributed by atoms with Gasteiger partial charge in [-0.05, 0) is 52.1 Å². The standard InChI is InChI=1S/C26H28Br2/c1-14(2)19-12-21-17(8-6-10-23(21)27)25(19)16(5)26-18-9-7-11-24(28)22(18)13-20(26)15(3)4/h6-16,25-26H,1-5H3. The highest BCUT2D eigenvalue weighted by Crippen LogP contribution is 2.55. The Bertz CT molecular complexity index is 898. The molecular formula is C26H28Br2. The normalized spacial score (nSPS) is 21.6. The average molecular weight is 500 g/mol. The summed E-state index contributed by atoms with van der Waals surface area (Å²) in [5, 5.41) is 0. The largest absolute Gasteiger partial charge is 0.0608 e. The van der Waals surface area contributed by atoms with E-state index in [0.717, 1.165) is 0 Å². The summed E-state index contributed by atoms with van der Waals surface area (Å²) in [6.45, 7) is 11.8. The molecule has 0 N–H and O–H groups in total. The van der Waals surface area contributed by atoms with Crippen molar-refractivity contribution in [2.75, 3.05) is 0 Å². The van der Waals surface area contributed by atoms with Gasteiger partial charge in [-0.3, -0.25) is 0 Å². The third-order valence-corrected chi connectivity index (χ3v) is 7.95. The first kappa shape index (κ1) is 20.2. The number of halogens is 2. The highest BCUT2D eigenvalue weighted by molar-refractivity contribution is 9.10. The maximum atomic E-state index is 3.79. The second-order valence-corrected chi connectivity index (χ2v) is 10.6. The second kappa shape index (κ2) is 7.61. The van der Waals surface area contributed by atoms with Crippen molar-refractivity contribution in [3.63, 3.8) is 0 Å². The molecule has 0 bridgehead atoms. The molecular weight excluding hydrogens is 472 g/mol. The van der Waals surface area contributed by atoms with Crippen LogP contribution in [0.4, 0.5) is 0 Å². The topological polar surface area (TPSA) is 0 Å². The molecule has 0 fully saturated rings. The molecule has 28 heavy (non-hydrogen) atoms. The van der Waals surface area contributed by atoms with Crippen LogP contribution in [0.2, 0.25) is 0 Å². The molecule has 2 aromatic rings. The van der Waals surface area contributed by atoms with Crippen LogP contribution >= 0.6 is 31.9 Å². The molecule has 0 spiro atoms. The van der Waals surface area contributed by atoms with Gasteiger partial charge in [0.25, 0.3) is 0 Å². The third kappa shape index (κ3) is 3.17. The zero-order chi connectivity index (χ0) is 20.2. The lowest BCUT2D eigenvalue weighted by Crippen LogP contribution is -2.22. The number of hydrogen-bond acceptors (Lipinski definition) is 0. The number of rotatable bonds is 4. The van der Waals surface area contributed by atoms with Crippen LogP contribution in [0.5, 0.6) is 0 Å². The van der Waals surface area contributed by atoms with Crippen molar-refractivity contribution < 1.29 is 0 Å². The molecule has 0 aliphatic heterocycles. The number of allylic oxidation sites excluding steroid dienone is 2. The van der Waals surface area contributed by atoms with Gasteiger partial charge < -0.3 is 0 Å². The van der Waals surface area contributed by atoms with Gasteiger partial charge in [-0.2, -0.15) is 0 Å². The molecule has 2 atom stereocenters. The van der Waals surface area contributed by atoms with Gasteiger partial charge in [0.2, 0.25) is 0 Å². The molecule has 2 heteroatoms. The van der Waals surface area contributed by atoms with Crippen LogP contribution in [0.15, 0.2) is 56.5 Å². The fourth-order valence-corrected chi connectivity index (χ4v) is 6.24. The van der Waals surface area contributed by atoms with Gasteiger partial charge in [0.1, 0.15) is 0 Å². The van der Waals surface area contributed by atoms with Crippen molar-refractivity contribution in [2.24, 2.45) is 17.8 Å². The Balaban J connectivity index is 1.84. The minimum Gasteiger partial charge on any atom is -0.0608 e. The summed E-state index contributed by atoms with van der Waals surface area (Å²) in [5.74, 6) is 2.52.